The van der Waals surface area contributed by atoms with E-state index in [2.05, 4.69) is 4.98 Å². The Morgan fingerprint density at radius 3 is 2.42 bits per heavy atom. The van der Waals surface area contributed by atoms with Crippen LogP contribution in [0.5, 0.6) is 11.5 Å². The van der Waals surface area contributed by atoms with E-state index in [9.17, 15) is 4.79 Å². The van der Waals surface area contributed by atoms with Crippen LogP contribution in [0.25, 0.3) is 0 Å². The monoisotopic (exact) mass is 339 g/mol. The molecule has 2 aromatic carbocycles. The van der Waals surface area contributed by atoms with Crippen LogP contribution >= 0.6 is 11.3 Å². The number of benzene rings is 2. The van der Waals surface area contributed by atoms with E-state index in [1.165, 1.54) is 16.9 Å². The van der Waals surface area contributed by atoms with Crippen molar-refractivity contribution < 1.29 is 14.3 Å². The highest BCUT2D eigenvalue weighted by Crippen LogP contribution is 2.22. The summed E-state index contributed by atoms with van der Waals surface area (Å²) in [7, 11) is 0. The van der Waals surface area contributed by atoms with Crippen molar-refractivity contribution in [1.29, 1.82) is 0 Å². The van der Waals surface area contributed by atoms with Gasteiger partial charge in [0.15, 0.2) is 0 Å². The Labute approximate surface area is 144 Å². The molecule has 4 nitrogen and oxygen atoms in total. The van der Waals surface area contributed by atoms with E-state index in [1.54, 1.807) is 19.1 Å². The summed E-state index contributed by atoms with van der Waals surface area (Å²) in [5.41, 5.74) is 1.84. The quantitative estimate of drug-likeness (QED) is 0.505. The first kappa shape index (κ1) is 16.2. The molecule has 0 amide bonds. The second-order valence-corrected chi connectivity index (χ2v) is 6.41. The van der Waals surface area contributed by atoms with E-state index >= 15 is 0 Å². The van der Waals surface area contributed by atoms with Crippen LogP contribution in [0.4, 0.5) is 0 Å². The smallest absolute Gasteiger partial charge is 0.355 e. The number of ether oxygens (including phenoxy) is 2. The third kappa shape index (κ3) is 4.00. The molecule has 0 N–H and O–H groups in total. The minimum atomic E-state index is -0.391. The molecular weight excluding hydrogens is 322 g/mol. The number of carbonyl (C=O) groups excluding carboxylic acids is 1. The molecule has 0 spiro atoms. The van der Waals surface area contributed by atoms with Crippen LogP contribution in [0.15, 0.2) is 54.6 Å². The third-order valence-corrected chi connectivity index (χ3v) is 4.47. The van der Waals surface area contributed by atoms with Crippen molar-refractivity contribution in [2.45, 2.75) is 20.5 Å². The van der Waals surface area contributed by atoms with E-state index < -0.39 is 5.97 Å². The van der Waals surface area contributed by atoms with Gasteiger partial charge in [0.1, 0.15) is 28.0 Å². The lowest BCUT2D eigenvalue weighted by Gasteiger charge is -2.03. The standard InChI is InChI=1S/C19H17NO3S/c1-13-8-10-15(11-9-13)22-12-17-20-14(2)18(24-17)19(21)23-16-6-4-3-5-7-16/h3-11H,12H2,1-2H3. The number of nitrogens with zero attached hydrogens (tertiary/aromatic N) is 1. The lowest BCUT2D eigenvalue weighted by atomic mass is 10.2. The summed E-state index contributed by atoms with van der Waals surface area (Å²) in [5, 5.41) is 0.744. The number of hydrogen-bond donors (Lipinski definition) is 0. The minimum absolute atomic E-state index is 0.327. The summed E-state index contributed by atoms with van der Waals surface area (Å²) in [4.78, 5) is 17.2. The fourth-order valence-electron chi connectivity index (χ4n) is 2.12. The molecule has 0 saturated heterocycles. The van der Waals surface area contributed by atoms with Gasteiger partial charge in [-0.05, 0) is 38.1 Å². The molecule has 0 aliphatic carbocycles. The number of thiazole rings is 1. The first-order chi connectivity index (χ1) is 11.6. The Morgan fingerprint density at radius 1 is 1.00 bits per heavy atom. The maximum absolute atomic E-state index is 12.3. The summed E-state index contributed by atoms with van der Waals surface area (Å²) in [6.07, 6.45) is 0. The first-order valence-corrected chi connectivity index (χ1v) is 8.36. The molecular formula is C19H17NO3S. The van der Waals surface area contributed by atoms with Gasteiger partial charge in [-0.3, -0.25) is 0 Å². The second kappa shape index (κ2) is 7.27. The highest BCUT2D eigenvalue weighted by Gasteiger charge is 2.17. The molecule has 0 unspecified atom stereocenters. The average molecular weight is 339 g/mol. The Morgan fingerprint density at radius 2 is 1.71 bits per heavy atom. The second-order valence-electron chi connectivity index (χ2n) is 5.33. The zero-order chi connectivity index (χ0) is 16.9. The Bertz CT molecular complexity index is 826. The number of carbonyl (C=O) groups is 1. The number of aromatic nitrogens is 1. The molecule has 3 rings (SSSR count). The Hall–Kier alpha value is -2.66. The topological polar surface area (TPSA) is 48.4 Å². The van der Waals surface area contributed by atoms with Crippen molar-refractivity contribution in [3.63, 3.8) is 0 Å². The van der Waals surface area contributed by atoms with Gasteiger partial charge in [0, 0.05) is 0 Å². The first-order valence-electron chi connectivity index (χ1n) is 7.55. The summed E-state index contributed by atoms with van der Waals surface area (Å²) in [6, 6.07) is 16.8. The van der Waals surface area contributed by atoms with Gasteiger partial charge in [-0.15, -0.1) is 11.3 Å². The molecule has 0 bridgehead atoms. The van der Waals surface area contributed by atoms with Gasteiger partial charge in [-0.1, -0.05) is 35.9 Å². The van der Waals surface area contributed by atoms with E-state index in [0.29, 0.717) is 22.9 Å². The summed E-state index contributed by atoms with van der Waals surface area (Å²) in [6.45, 7) is 4.15. The predicted octanol–water partition coefficient (Wildman–Crippen LogP) is 4.56. The summed E-state index contributed by atoms with van der Waals surface area (Å²) in [5.74, 6) is 0.910. The normalized spacial score (nSPS) is 10.4. The predicted molar refractivity (Wildman–Crippen MR) is 93.8 cm³/mol. The third-order valence-electron chi connectivity index (χ3n) is 3.36. The Balaban J connectivity index is 1.66. The zero-order valence-corrected chi connectivity index (χ0v) is 14.3. The molecule has 1 heterocycles. The molecule has 0 atom stereocenters. The van der Waals surface area contributed by atoms with Crippen molar-refractivity contribution in [3.8, 4) is 11.5 Å². The van der Waals surface area contributed by atoms with Crippen LogP contribution in [0.3, 0.4) is 0 Å². The molecule has 5 heteroatoms. The maximum atomic E-state index is 12.3. The van der Waals surface area contributed by atoms with Crippen LogP contribution in [0, 0.1) is 13.8 Å². The fourth-order valence-corrected chi connectivity index (χ4v) is 2.98. The van der Waals surface area contributed by atoms with E-state index in [-0.39, 0.29) is 0 Å². The number of rotatable bonds is 5. The number of esters is 1. The minimum Gasteiger partial charge on any atom is -0.486 e. The molecule has 122 valence electrons. The molecule has 0 aliphatic rings. The van der Waals surface area contributed by atoms with Gasteiger partial charge >= 0.3 is 5.97 Å². The molecule has 0 radical (unpaired) electrons. The van der Waals surface area contributed by atoms with Gasteiger partial charge in [0.2, 0.25) is 0 Å². The van der Waals surface area contributed by atoms with Crippen LogP contribution < -0.4 is 9.47 Å². The number of para-hydroxylation sites is 1. The molecule has 1 aromatic heterocycles. The van der Waals surface area contributed by atoms with Crippen molar-refractivity contribution in [2.24, 2.45) is 0 Å². The highest BCUT2D eigenvalue weighted by atomic mass is 32.1. The lowest BCUT2D eigenvalue weighted by Crippen LogP contribution is -2.07. The van der Waals surface area contributed by atoms with Crippen molar-refractivity contribution >= 4 is 17.3 Å². The zero-order valence-electron chi connectivity index (χ0n) is 13.5. The maximum Gasteiger partial charge on any atom is 0.355 e. The van der Waals surface area contributed by atoms with E-state index in [0.717, 1.165) is 10.8 Å². The SMILES string of the molecule is Cc1ccc(OCc2nc(C)c(C(=O)Oc3ccccc3)s2)cc1. The fraction of sp³-hybridized carbons (Fsp3) is 0.158. The molecule has 24 heavy (non-hydrogen) atoms. The molecule has 0 aliphatic heterocycles. The lowest BCUT2D eigenvalue weighted by molar-refractivity contribution is 0.0739. The molecule has 0 saturated carbocycles. The van der Waals surface area contributed by atoms with Crippen LogP contribution in [0.2, 0.25) is 0 Å². The molecule has 3 aromatic rings. The van der Waals surface area contributed by atoms with Crippen molar-refractivity contribution in [2.75, 3.05) is 0 Å². The van der Waals surface area contributed by atoms with Crippen molar-refractivity contribution in [1.82, 2.24) is 4.98 Å². The summed E-state index contributed by atoms with van der Waals surface area (Å²) < 4.78 is 11.1. The number of hydrogen-bond acceptors (Lipinski definition) is 5. The van der Waals surface area contributed by atoms with Crippen molar-refractivity contribution in [3.05, 3.63) is 75.7 Å². The average Bonchev–Trinajstić information content (AvgIpc) is 2.96. The van der Waals surface area contributed by atoms with Gasteiger partial charge in [-0.25, -0.2) is 9.78 Å². The van der Waals surface area contributed by atoms with Gasteiger partial charge in [0.05, 0.1) is 5.69 Å². The van der Waals surface area contributed by atoms with Crippen LogP contribution in [-0.2, 0) is 6.61 Å². The largest absolute Gasteiger partial charge is 0.486 e. The van der Waals surface area contributed by atoms with Gasteiger partial charge < -0.3 is 9.47 Å². The van der Waals surface area contributed by atoms with Crippen LogP contribution in [-0.4, -0.2) is 11.0 Å². The Kier molecular flexibility index (Phi) is 4.91. The summed E-state index contributed by atoms with van der Waals surface area (Å²) >= 11 is 1.30. The van der Waals surface area contributed by atoms with Crippen LogP contribution in [0.1, 0.15) is 25.9 Å². The van der Waals surface area contributed by atoms with Gasteiger partial charge in [-0.2, -0.15) is 0 Å². The number of aryl methyl sites for hydroxylation is 2. The molecule has 0 fully saturated rings. The van der Waals surface area contributed by atoms with Gasteiger partial charge in [0.25, 0.3) is 0 Å². The van der Waals surface area contributed by atoms with E-state index in [4.69, 9.17) is 9.47 Å². The van der Waals surface area contributed by atoms with E-state index in [1.807, 2.05) is 49.4 Å². The highest BCUT2D eigenvalue weighted by molar-refractivity contribution is 7.13.